The maximum Gasteiger partial charge on any atom is 0.258 e. The summed E-state index contributed by atoms with van der Waals surface area (Å²) >= 11 is 0. The van der Waals surface area contributed by atoms with Gasteiger partial charge in [-0.05, 0) is 24.3 Å². The van der Waals surface area contributed by atoms with E-state index >= 15 is 0 Å². The summed E-state index contributed by atoms with van der Waals surface area (Å²) in [7, 11) is 2.68. The standard InChI is InChI=1S/C20H12N2O4S2/c23-17-9-10-18(24)21(17)13-5-1-3-7-15(13)27-28-16-8-4-2-6-14(16)22-19(25)11-12-20(22)26/h1-12H. The molecule has 138 valence electrons. The van der Waals surface area contributed by atoms with E-state index in [1.165, 1.54) is 45.9 Å². The van der Waals surface area contributed by atoms with E-state index < -0.39 is 0 Å². The Kier molecular flexibility index (Phi) is 4.89. The van der Waals surface area contributed by atoms with Crippen molar-refractivity contribution in [3.63, 3.8) is 0 Å². The molecule has 0 saturated carbocycles. The van der Waals surface area contributed by atoms with Gasteiger partial charge in [-0.2, -0.15) is 0 Å². The molecule has 0 aliphatic carbocycles. The zero-order valence-electron chi connectivity index (χ0n) is 14.3. The number of hydrogen-bond acceptors (Lipinski definition) is 6. The van der Waals surface area contributed by atoms with Crippen LogP contribution in [0.2, 0.25) is 0 Å². The molecule has 0 saturated heterocycles. The maximum absolute atomic E-state index is 12.0. The number of imide groups is 2. The lowest BCUT2D eigenvalue weighted by Gasteiger charge is -2.19. The van der Waals surface area contributed by atoms with Crippen molar-refractivity contribution in [1.29, 1.82) is 0 Å². The monoisotopic (exact) mass is 408 g/mol. The maximum atomic E-state index is 12.0. The SMILES string of the molecule is O=C1C=CC(=O)N1c1ccccc1SSc1ccccc1N1C(=O)C=CC1=O. The average Bonchev–Trinajstić information content (AvgIpc) is 3.21. The van der Waals surface area contributed by atoms with Gasteiger partial charge in [-0.25, -0.2) is 9.80 Å². The molecule has 0 atom stereocenters. The minimum Gasteiger partial charge on any atom is -0.269 e. The van der Waals surface area contributed by atoms with E-state index in [-0.39, 0.29) is 23.6 Å². The van der Waals surface area contributed by atoms with Crippen molar-refractivity contribution < 1.29 is 19.2 Å². The first-order valence-corrected chi connectivity index (χ1v) is 10.4. The molecule has 6 nitrogen and oxygen atoms in total. The smallest absolute Gasteiger partial charge is 0.258 e. The van der Waals surface area contributed by atoms with Crippen LogP contribution in [0.3, 0.4) is 0 Å². The summed E-state index contributed by atoms with van der Waals surface area (Å²) in [4.78, 5) is 51.8. The summed E-state index contributed by atoms with van der Waals surface area (Å²) in [5.74, 6) is -1.55. The van der Waals surface area contributed by atoms with Gasteiger partial charge in [-0.1, -0.05) is 45.9 Å². The molecule has 28 heavy (non-hydrogen) atoms. The molecule has 0 spiro atoms. The van der Waals surface area contributed by atoms with E-state index in [1.54, 1.807) is 24.3 Å². The number of anilines is 2. The van der Waals surface area contributed by atoms with Gasteiger partial charge in [0.25, 0.3) is 23.6 Å². The number of hydrogen-bond donors (Lipinski definition) is 0. The molecule has 2 heterocycles. The lowest BCUT2D eigenvalue weighted by Crippen LogP contribution is -2.30. The first-order valence-electron chi connectivity index (χ1n) is 8.21. The number of para-hydroxylation sites is 2. The molecule has 4 rings (SSSR count). The lowest BCUT2D eigenvalue weighted by atomic mass is 10.3. The van der Waals surface area contributed by atoms with Gasteiger partial charge in [0.2, 0.25) is 0 Å². The van der Waals surface area contributed by atoms with Crippen molar-refractivity contribution >= 4 is 56.6 Å². The van der Waals surface area contributed by atoms with Gasteiger partial charge >= 0.3 is 0 Å². The Hall–Kier alpha value is -3.10. The normalized spacial score (nSPS) is 16.0. The van der Waals surface area contributed by atoms with Gasteiger partial charge in [0.15, 0.2) is 0 Å². The molecule has 0 fully saturated rings. The van der Waals surface area contributed by atoms with Gasteiger partial charge in [0, 0.05) is 34.1 Å². The van der Waals surface area contributed by atoms with E-state index in [4.69, 9.17) is 0 Å². The number of nitrogens with zero attached hydrogens (tertiary/aromatic N) is 2. The third-order valence-electron chi connectivity index (χ3n) is 4.05. The minimum atomic E-state index is -0.386. The summed E-state index contributed by atoms with van der Waals surface area (Å²) in [5, 5.41) is 0. The molecule has 0 aromatic heterocycles. The Balaban J connectivity index is 1.61. The highest BCUT2D eigenvalue weighted by atomic mass is 33.1. The molecule has 4 amide bonds. The Morgan fingerprint density at radius 1 is 0.500 bits per heavy atom. The first kappa shape index (κ1) is 18.3. The lowest BCUT2D eigenvalue weighted by molar-refractivity contribution is -0.121. The highest BCUT2D eigenvalue weighted by molar-refractivity contribution is 8.76. The van der Waals surface area contributed by atoms with Crippen LogP contribution in [0.1, 0.15) is 0 Å². The van der Waals surface area contributed by atoms with E-state index in [2.05, 4.69) is 0 Å². The molecule has 8 heteroatoms. The molecule has 2 aliphatic heterocycles. The predicted octanol–water partition coefficient (Wildman–Crippen LogP) is 3.34. The van der Waals surface area contributed by atoms with Crippen molar-refractivity contribution in [2.75, 3.05) is 9.80 Å². The fourth-order valence-corrected chi connectivity index (χ4v) is 5.11. The summed E-state index contributed by atoms with van der Waals surface area (Å²) < 4.78 is 0. The van der Waals surface area contributed by atoms with Gasteiger partial charge in [-0.3, -0.25) is 19.2 Å². The van der Waals surface area contributed by atoms with E-state index in [0.29, 0.717) is 21.2 Å². The summed E-state index contributed by atoms with van der Waals surface area (Å²) in [6.07, 6.45) is 4.96. The fourth-order valence-electron chi connectivity index (χ4n) is 2.79. The van der Waals surface area contributed by atoms with Crippen LogP contribution in [0.5, 0.6) is 0 Å². The molecule has 0 radical (unpaired) electrons. The number of benzene rings is 2. The van der Waals surface area contributed by atoms with Gasteiger partial charge in [0.1, 0.15) is 0 Å². The predicted molar refractivity (Wildman–Crippen MR) is 108 cm³/mol. The van der Waals surface area contributed by atoms with Crippen molar-refractivity contribution in [1.82, 2.24) is 0 Å². The molecule has 0 unspecified atom stereocenters. The Labute approximate surface area is 168 Å². The third kappa shape index (κ3) is 3.28. The number of carbonyl (C=O) groups excluding carboxylic acids is 4. The molecule has 0 N–H and O–H groups in total. The highest BCUT2D eigenvalue weighted by Gasteiger charge is 2.29. The fraction of sp³-hybridized carbons (Fsp3) is 0. The molecule has 2 aliphatic rings. The van der Waals surface area contributed by atoms with Crippen molar-refractivity contribution in [3.05, 3.63) is 72.8 Å². The van der Waals surface area contributed by atoms with Crippen LogP contribution >= 0.6 is 21.6 Å². The van der Waals surface area contributed by atoms with E-state index in [0.717, 1.165) is 9.80 Å². The minimum absolute atomic E-state index is 0.386. The second-order valence-electron chi connectivity index (χ2n) is 5.79. The third-order valence-corrected chi connectivity index (χ3v) is 6.51. The topological polar surface area (TPSA) is 74.8 Å². The van der Waals surface area contributed by atoms with Crippen molar-refractivity contribution in [2.24, 2.45) is 0 Å². The second kappa shape index (κ2) is 7.49. The zero-order valence-corrected chi connectivity index (χ0v) is 15.9. The number of carbonyl (C=O) groups is 4. The Bertz CT molecular complexity index is 956. The van der Waals surface area contributed by atoms with Crippen LogP contribution in [0.25, 0.3) is 0 Å². The average molecular weight is 408 g/mol. The van der Waals surface area contributed by atoms with Crippen LogP contribution in [0, 0.1) is 0 Å². The Morgan fingerprint density at radius 3 is 1.18 bits per heavy atom. The van der Waals surface area contributed by atoms with E-state index in [9.17, 15) is 19.2 Å². The van der Waals surface area contributed by atoms with Crippen LogP contribution in [-0.4, -0.2) is 23.6 Å². The van der Waals surface area contributed by atoms with Crippen molar-refractivity contribution in [3.8, 4) is 0 Å². The molecular weight excluding hydrogens is 396 g/mol. The van der Waals surface area contributed by atoms with E-state index in [1.807, 2.05) is 24.3 Å². The molecule has 0 bridgehead atoms. The van der Waals surface area contributed by atoms with Crippen LogP contribution in [-0.2, 0) is 19.2 Å². The van der Waals surface area contributed by atoms with Gasteiger partial charge in [-0.15, -0.1) is 0 Å². The first-order chi connectivity index (χ1) is 13.6. The quantitative estimate of drug-likeness (QED) is 0.558. The molecule has 2 aromatic carbocycles. The van der Waals surface area contributed by atoms with Crippen LogP contribution < -0.4 is 9.80 Å². The van der Waals surface area contributed by atoms with Gasteiger partial charge in [0.05, 0.1) is 11.4 Å². The second-order valence-corrected chi connectivity index (χ2v) is 8.01. The largest absolute Gasteiger partial charge is 0.269 e. The summed E-state index contributed by atoms with van der Waals surface area (Å²) in [6, 6.07) is 14.2. The summed E-state index contributed by atoms with van der Waals surface area (Å²) in [6.45, 7) is 0. The Morgan fingerprint density at radius 2 is 0.821 bits per heavy atom. The van der Waals surface area contributed by atoms with Crippen LogP contribution in [0.4, 0.5) is 11.4 Å². The van der Waals surface area contributed by atoms with Gasteiger partial charge < -0.3 is 0 Å². The molecular formula is C20H12N2O4S2. The van der Waals surface area contributed by atoms with Crippen LogP contribution in [0.15, 0.2) is 82.6 Å². The summed E-state index contributed by atoms with van der Waals surface area (Å²) in [5.41, 5.74) is 0.986. The number of amides is 4. The number of rotatable bonds is 5. The molecule has 2 aromatic rings. The highest BCUT2D eigenvalue weighted by Crippen LogP contribution is 2.45. The van der Waals surface area contributed by atoms with Crippen molar-refractivity contribution in [2.45, 2.75) is 9.79 Å². The zero-order chi connectivity index (χ0) is 19.7.